The first-order valence-electron chi connectivity index (χ1n) is 4.95. The summed E-state index contributed by atoms with van der Waals surface area (Å²) in [4.78, 5) is 36.0. The van der Waals surface area contributed by atoms with E-state index in [0.29, 0.717) is 5.71 Å². The van der Waals surface area contributed by atoms with Gasteiger partial charge < -0.3 is 4.74 Å². The zero-order valence-electron chi connectivity index (χ0n) is 9.68. The Hall–Kier alpha value is -2.18. The molecule has 0 aromatic rings. The predicted octanol–water partition coefficient (Wildman–Crippen LogP) is 0.0871. The van der Waals surface area contributed by atoms with Gasteiger partial charge in [0.05, 0.1) is 12.7 Å². The van der Waals surface area contributed by atoms with Crippen LogP contribution in [0, 0.1) is 0 Å². The Morgan fingerprint density at radius 3 is 2.65 bits per heavy atom. The molecule has 2 aliphatic heterocycles. The van der Waals surface area contributed by atoms with Crippen LogP contribution in [0.2, 0.25) is 0 Å². The van der Waals surface area contributed by atoms with Gasteiger partial charge in [-0.1, -0.05) is 0 Å². The molecule has 0 atom stereocenters. The Morgan fingerprint density at radius 2 is 2.06 bits per heavy atom. The molecule has 2 heterocycles. The molecular weight excluding hydrogens is 226 g/mol. The quantitative estimate of drug-likeness (QED) is 0.478. The van der Waals surface area contributed by atoms with E-state index in [1.54, 1.807) is 6.92 Å². The van der Waals surface area contributed by atoms with Crippen molar-refractivity contribution in [2.45, 2.75) is 13.3 Å². The lowest BCUT2D eigenvalue weighted by Crippen LogP contribution is -2.29. The van der Waals surface area contributed by atoms with E-state index in [4.69, 9.17) is 0 Å². The minimum atomic E-state index is -0.615. The van der Waals surface area contributed by atoms with Crippen molar-refractivity contribution in [3.8, 4) is 0 Å². The van der Waals surface area contributed by atoms with Gasteiger partial charge in [0.15, 0.2) is 0 Å². The van der Waals surface area contributed by atoms with Gasteiger partial charge in [-0.3, -0.25) is 9.69 Å². The third kappa shape index (κ3) is 1.50. The first-order chi connectivity index (χ1) is 7.97. The second-order valence-corrected chi connectivity index (χ2v) is 3.79. The predicted molar refractivity (Wildman–Crippen MR) is 56.8 cm³/mol. The number of carbonyl (C=O) groups excluding carboxylic acids is 3. The summed E-state index contributed by atoms with van der Waals surface area (Å²) in [5.41, 5.74) is 0.739. The third-order valence-electron chi connectivity index (χ3n) is 2.61. The summed E-state index contributed by atoms with van der Waals surface area (Å²) >= 11 is 0. The molecule has 7 heteroatoms. The van der Waals surface area contributed by atoms with Gasteiger partial charge in [-0.15, -0.1) is 0 Å². The van der Waals surface area contributed by atoms with E-state index in [1.807, 2.05) is 0 Å². The summed E-state index contributed by atoms with van der Waals surface area (Å²) in [5, 5.41) is 4.92. The number of nitrogens with zero attached hydrogens (tertiary/aromatic N) is 3. The fourth-order valence-electron chi connectivity index (χ4n) is 1.76. The molecule has 0 unspecified atom stereocenters. The highest BCUT2D eigenvalue weighted by atomic mass is 16.5. The van der Waals surface area contributed by atoms with Crippen molar-refractivity contribution in [3.05, 3.63) is 11.3 Å². The van der Waals surface area contributed by atoms with Gasteiger partial charge in [0.25, 0.3) is 5.91 Å². The maximum absolute atomic E-state index is 11.8. The van der Waals surface area contributed by atoms with Gasteiger partial charge in [0.1, 0.15) is 5.70 Å². The zero-order valence-corrected chi connectivity index (χ0v) is 9.68. The van der Waals surface area contributed by atoms with E-state index in [1.165, 1.54) is 14.2 Å². The minimum absolute atomic E-state index is 0.00468. The monoisotopic (exact) mass is 237 g/mol. The van der Waals surface area contributed by atoms with E-state index in [2.05, 4.69) is 9.84 Å². The number of hydrogen-bond acceptors (Lipinski definition) is 5. The Balaban J connectivity index is 2.56. The summed E-state index contributed by atoms with van der Waals surface area (Å²) in [6.07, 6.45) is 0.214. The Labute approximate surface area is 97.3 Å². The highest BCUT2D eigenvalue weighted by Crippen LogP contribution is 2.29. The largest absolute Gasteiger partial charge is 0.466 e. The van der Waals surface area contributed by atoms with Crippen LogP contribution >= 0.6 is 0 Å². The molecular formula is C10H11N3O4. The molecule has 0 bridgehead atoms. The smallest absolute Gasteiger partial charge is 0.352 e. The van der Waals surface area contributed by atoms with Gasteiger partial charge in [-0.2, -0.15) is 10.1 Å². The number of carbonyl (C=O) groups is 3. The maximum atomic E-state index is 11.8. The number of imide groups is 1. The molecule has 7 nitrogen and oxygen atoms in total. The van der Waals surface area contributed by atoms with Crippen molar-refractivity contribution in [2.75, 3.05) is 14.2 Å². The molecule has 0 aromatic heterocycles. The number of fused-ring (bicyclic) bond motifs is 1. The van der Waals surface area contributed by atoms with Crippen LogP contribution in [-0.2, 0) is 14.3 Å². The second kappa shape index (κ2) is 3.69. The zero-order chi connectivity index (χ0) is 12.7. The van der Waals surface area contributed by atoms with Crippen molar-refractivity contribution in [1.29, 1.82) is 0 Å². The van der Waals surface area contributed by atoms with E-state index in [9.17, 15) is 14.4 Å². The third-order valence-corrected chi connectivity index (χ3v) is 2.61. The van der Waals surface area contributed by atoms with Gasteiger partial charge in [-0.05, 0) is 6.92 Å². The van der Waals surface area contributed by atoms with Crippen molar-refractivity contribution < 1.29 is 19.1 Å². The van der Waals surface area contributed by atoms with E-state index in [-0.39, 0.29) is 17.7 Å². The van der Waals surface area contributed by atoms with Gasteiger partial charge >= 0.3 is 12.0 Å². The van der Waals surface area contributed by atoms with E-state index >= 15 is 0 Å². The molecule has 0 spiro atoms. The average molecular weight is 237 g/mol. The number of rotatable bonds is 1. The summed E-state index contributed by atoms with van der Waals surface area (Å²) in [6, 6.07) is -0.564. The lowest BCUT2D eigenvalue weighted by atomic mass is 10.1. The molecule has 1 fully saturated rings. The Morgan fingerprint density at radius 1 is 1.41 bits per heavy atom. The number of amides is 3. The van der Waals surface area contributed by atoms with Crippen molar-refractivity contribution in [3.63, 3.8) is 0 Å². The van der Waals surface area contributed by atoms with Gasteiger partial charge in [0, 0.05) is 19.2 Å². The lowest BCUT2D eigenvalue weighted by molar-refractivity contribution is -0.136. The molecule has 2 aliphatic rings. The van der Waals surface area contributed by atoms with Crippen LogP contribution < -0.4 is 0 Å². The molecule has 1 saturated heterocycles. The standard InChI is InChI=1S/C10H11N3O4/c1-5-4-6(9(15)17-3)7-8(14)12(2)10(16)13(7)11-5/h4H2,1-3H3. The van der Waals surface area contributed by atoms with Crippen LogP contribution in [-0.4, -0.2) is 47.7 Å². The van der Waals surface area contributed by atoms with Crippen LogP contribution in [0.4, 0.5) is 4.79 Å². The van der Waals surface area contributed by atoms with E-state index < -0.39 is 17.9 Å². The fraction of sp³-hybridized carbons (Fsp3) is 0.400. The molecule has 0 N–H and O–H groups in total. The number of likely N-dealkylation sites (N-methyl/N-ethyl adjacent to an activating group) is 1. The molecule has 0 radical (unpaired) electrons. The summed E-state index contributed by atoms with van der Waals surface area (Å²) < 4.78 is 4.60. The summed E-state index contributed by atoms with van der Waals surface area (Å²) in [7, 11) is 2.57. The lowest BCUT2D eigenvalue weighted by Gasteiger charge is -2.18. The van der Waals surface area contributed by atoms with Crippen LogP contribution in [0.5, 0.6) is 0 Å². The number of urea groups is 1. The number of methoxy groups -OCH3 is 1. The number of esters is 1. The minimum Gasteiger partial charge on any atom is -0.466 e. The molecule has 90 valence electrons. The first kappa shape index (κ1) is 11.3. The van der Waals surface area contributed by atoms with E-state index in [0.717, 1.165) is 9.91 Å². The van der Waals surface area contributed by atoms with Crippen LogP contribution in [0.1, 0.15) is 13.3 Å². The molecule has 3 amide bonds. The van der Waals surface area contributed by atoms with Gasteiger partial charge in [0.2, 0.25) is 0 Å². The topological polar surface area (TPSA) is 79.3 Å². The number of hydrazone groups is 1. The second-order valence-electron chi connectivity index (χ2n) is 3.79. The van der Waals surface area contributed by atoms with Gasteiger partial charge in [-0.25, -0.2) is 9.59 Å². The normalized spacial score (nSPS) is 19.6. The van der Waals surface area contributed by atoms with Crippen LogP contribution in [0.3, 0.4) is 0 Å². The molecule has 2 rings (SSSR count). The molecule has 0 aromatic carbocycles. The highest BCUT2D eigenvalue weighted by molar-refractivity contribution is 6.17. The average Bonchev–Trinajstić information content (AvgIpc) is 2.53. The maximum Gasteiger partial charge on any atom is 0.352 e. The Kier molecular flexibility index (Phi) is 2.45. The van der Waals surface area contributed by atoms with Crippen LogP contribution in [0.15, 0.2) is 16.4 Å². The SMILES string of the molecule is COC(=O)C1=C2C(=O)N(C)C(=O)N2N=C(C)C1. The Bertz CT molecular complexity index is 492. The molecule has 0 aliphatic carbocycles. The highest BCUT2D eigenvalue weighted by Gasteiger charge is 2.44. The van der Waals surface area contributed by atoms with Crippen molar-refractivity contribution in [1.82, 2.24) is 9.91 Å². The number of ether oxygens (including phenoxy) is 1. The molecule has 0 saturated carbocycles. The van der Waals surface area contributed by atoms with Crippen LogP contribution in [0.25, 0.3) is 0 Å². The first-order valence-corrected chi connectivity index (χ1v) is 4.95. The molecule has 17 heavy (non-hydrogen) atoms. The van der Waals surface area contributed by atoms with Crippen molar-refractivity contribution in [2.24, 2.45) is 5.10 Å². The van der Waals surface area contributed by atoms with Crippen molar-refractivity contribution >= 4 is 23.6 Å². The summed E-state index contributed by atoms with van der Waals surface area (Å²) in [5.74, 6) is -1.15. The fourth-order valence-corrected chi connectivity index (χ4v) is 1.76. The number of hydrogen-bond donors (Lipinski definition) is 0. The summed E-state index contributed by atoms with van der Waals surface area (Å²) in [6.45, 7) is 1.68.